The number of carboxylic acids is 1. The van der Waals surface area contributed by atoms with Gasteiger partial charge in [0.05, 0.1) is 12.1 Å². The number of pyridine rings is 1. The van der Waals surface area contributed by atoms with E-state index in [-0.39, 0.29) is 23.4 Å². The van der Waals surface area contributed by atoms with Crippen molar-refractivity contribution in [2.75, 3.05) is 5.73 Å². The molecule has 21 heavy (non-hydrogen) atoms. The average molecular weight is 284 g/mol. The zero-order chi connectivity index (χ0) is 15.0. The molecule has 1 heterocycles. The highest BCUT2D eigenvalue weighted by molar-refractivity contribution is 5.95. The molecule has 1 aliphatic carbocycles. The van der Waals surface area contributed by atoms with Gasteiger partial charge in [-0.1, -0.05) is 18.2 Å². The van der Waals surface area contributed by atoms with E-state index in [1.165, 1.54) is 5.56 Å². The number of aromatic carboxylic acids is 1. The number of nitrogens with two attached hydrogens (primary N) is 1. The van der Waals surface area contributed by atoms with Gasteiger partial charge in [0.25, 0.3) is 5.56 Å². The number of fused-ring (bicyclic) bond motifs is 1. The second-order valence-corrected chi connectivity index (χ2v) is 5.27. The standard InChI is InChI=1S/C16H16N2O3/c17-12-5-1-4-11(15(12)16(20)21)9-18-13-6-2-3-10(13)7-8-14(18)19/h1,4-5,7-8H,2-3,6,9,17H2,(H,20,21). The number of anilines is 1. The second-order valence-electron chi connectivity index (χ2n) is 5.27. The van der Waals surface area contributed by atoms with Gasteiger partial charge in [-0.15, -0.1) is 0 Å². The van der Waals surface area contributed by atoms with E-state index in [1.54, 1.807) is 28.8 Å². The van der Waals surface area contributed by atoms with Gasteiger partial charge in [-0.05, 0) is 36.5 Å². The van der Waals surface area contributed by atoms with Crippen LogP contribution < -0.4 is 11.3 Å². The lowest BCUT2D eigenvalue weighted by Gasteiger charge is -2.14. The van der Waals surface area contributed by atoms with Crippen LogP contribution in [0.3, 0.4) is 0 Å². The summed E-state index contributed by atoms with van der Waals surface area (Å²) in [6.07, 6.45) is 2.86. The molecule has 3 rings (SSSR count). The van der Waals surface area contributed by atoms with Gasteiger partial charge in [-0.2, -0.15) is 0 Å². The van der Waals surface area contributed by atoms with Gasteiger partial charge in [-0.3, -0.25) is 4.79 Å². The molecule has 5 heteroatoms. The van der Waals surface area contributed by atoms with Crippen LogP contribution in [0.5, 0.6) is 0 Å². The number of hydrogen-bond acceptors (Lipinski definition) is 3. The zero-order valence-corrected chi connectivity index (χ0v) is 11.5. The molecule has 1 aromatic heterocycles. The summed E-state index contributed by atoms with van der Waals surface area (Å²) in [7, 11) is 0. The van der Waals surface area contributed by atoms with E-state index in [2.05, 4.69) is 0 Å². The third-order valence-corrected chi connectivity index (χ3v) is 3.97. The van der Waals surface area contributed by atoms with Gasteiger partial charge in [0.1, 0.15) is 0 Å². The summed E-state index contributed by atoms with van der Waals surface area (Å²) in [6, 6.07) is 8.41. The number of benzene rings is 1. The summed E-state index contributed by atoms with van der Waals surface area (Å²) in [5.74, 6) is -1.07. The van der Waals surface area contributed by atoms with Crippen LogP contribution >= 0.6 is 0 Å². The van der Waals surface area contributed by atoms with Crippen molar-refractivity contribution >= 4 is 11.7 Å². The molecule has 0 amide bonds. The molecule has 0 saturated heterocycles. The number of aromatic nitrogens is 1. The monoisotopic (exact) mass is 284 g/mol. The van der Waals surface area contributed by atoms with Crippen LogP contribution in [-0.4, -0.2) is 15.6 Å². The van der Waals surface area contributed by atoms with Gasteiger partial charge >= 0.3 is 5.97 Å². The van der Waals surface area contributed by atoms with E-state index in [9.17, 15) is 14.7 Å². The summed E-state index contributed by atoms with van der Waals surface area (Å²) in [6.45, 7) is 0.245. The average Bonchev–Trinajstić information content (AvgIpc) is 2.90. The highest BCUT2D eigenvalue weighted by Gasteiger charge is 2.19. The highest BCUT2D eigenvalue weighted by atomic mass is 16.4. The molecule has 0 aliphatic heterocycles. The molecule has 3 N–H and O–H groups in total. The van der Waals surface area contributed by atoms with Gasteiger partial charge in [0.2, 0.25) is 0 Å². The summed E-state index contributed by atoms with van der Waals surface area (Å²) in [5.41, 5.74) is 8.71. The molecule has 0 fully saturated rings. The maximum absolute atomic E-state index is 12.1. The zero-order valence-electron chi connectivity index (χ0n) is 11.5. The lowest BCUT2D eigenvalue weighted by atomic mass is 10.0. The summed E-state index contributed by atoms with van der Waals surface area (Å²) < 4.78 is 1.67. The molecular weight excluding hydrogens is 268 g/mol. The first-order valence-electron chi connectivity index (χ1n) is 6.90. The molecule has 108 valence electrons. The van der Waals surface area contributed by atoms with Crippen LogP contribution in [0, 0.1) is 0 Å². The Labute approximate surface area is 121 Å². The molecule has 1 aliphatic rings. The minimum absolute atomic E-state index is 0.0833. The van der Waals surface area contributed by atoms with Crippen molar-refractivity contribution in [1.29, 1.82) is 0 Å². The fraction of sp³-hybridized carbons (Fsp3) is 0.250. The Kier molecular flexibility index (Phi) is 3.25. The Bertz CT molecular complexity index is 778. The van der Waals surface area contributed by atoms with E-state index in [4.69, 9.17) is 5.73 Å². The molecule has 1 aromatic carbocycles. The normalized spacial score (nSPS) is 13.1. The Hall–Kier alpha value is -2.56. The van der Waals surface area contributed by atoms with Crippen molar-refractivity contribution in [3.05, 3.63) is 63.1 Å². The van der Waals surface area contributed by atoms with Crippen molar-refractivity contribution in [2.45, 2.75) is 25.8 Å². The van der Waals surface area contributed by atoms with E-state index < -0.39 is 5.97 Å². The minimum atomic E-state index is -1.07. The first kappa shape index (κ1) is 13.4. The molecular formula is C16H16N2O3. The lowest BCUT2D eigenvalue weighted by molar-refractivity contribution is 0.0696. The van der Waals surface area contributed by atoms with Crippen LogP contribution in [0.4, 0.5) is 5.69 Å². The Morgan fingerprint density at radius 1 is 1.24 bits per heavy atom. The largest absolute Gasteiger partial charge is 0.478 e. The van der Waals surface area contributed by atoms with Crippen molar-refractivity contribution in [3.8, 4) is 0 Å². The van der Waals surface area contributed by atoms with Gasteiger partial charge < -0.3 is 15.4 Å². The maximum Gasteiger partial charge on any atom is 0.338 e. The summed E-state index contributed by atoms with van der Waals surface area (Å²) >= 11 is 0. The van der Waals surface area contributed by atoms with Gasteiger partial charge in [0, 0.05) is 17.4 Å². The third-order valence-electron chi connectivity index (χ3n) is 3.97. The number of carbonyl (C=O) groups is 1. The van der Waals surface area contributed by atoms with Gasteiger partial charge in [0.15, 0.2) is 0 Å². The van der Waals surface area contributed by atoms with Crippen molar-refractivity contribution in [3.63, 3.8) is 0 Å². The van der Waals surface area contributed by atoms with Crippen molar-refractivity contribution in [1.82, 2.24) is 4.57 Å². The van der Waals surface area contributed by atoms with Gasteiger partial charge in [-0.25, -0.2) is 4.79 Å². The Morgan fingerprint density at radius 2 is 2.05 bits per heavy atom. The second kappa shape index (κ2) is 5.09. The van der Waals surface area contributed by atoms with E-state index >= 15 is 0 Å². The van der Waals surface area contributed by atoms with E-state index in [1.807, 2.05) is 6.07 Å². The smallest absolute Gasteiger partial charge is 0.338 e. The maximum atomic E-state index is 12.1. The molecule has 0 saturated carbocycles. The molecule has 0 unspecified atom stereocenters. The van der Waals surface area contributed by atoms with Crippen molar-refractivity contribution < 1.29 is 9.90 Å². The quantitative estimate of drug-likeness (QED) is 0.839. The van der Waals surface area contributed by atoms with Crippen LogP contribution in [0.25, 0.3) is 0 Å². The third kappa shape index (κ3) is 2.31. The predicted molar refractivity (Wildman–Crippen MR) is 79.6 cm³/mol. The number of rotatable bonds is 3. The van der Waals surface area contributed by atoms with Crippen LogP contribution in [-0.2, 0) is 19.4 Å². The Morgan fingerprint density at radius 3 is 2.81 bits per heavy atom. The summed E-state index contributed by atoms with van der Waals surface area (Å²) in [5, 5.41) is 9.32. The molecule has 0 spiro atoms. The van der Waals surface area contributed by atoms with Crippen LogP contribution in [0.15, 0.2) is 35.1 Å². The number of nitrogen functional groups attached to an aromatic ring is 1. The number of aryl methyl sites for hydroxylation is 1. The molecule has 2 aromatic rings. The molecule has 5 nitrogen and oxygen atoms in total. The van der Waals surface area contributed by atoms with Crippen molar-refractivity contribution in [2.24, 2.45) is 0 Å². The molecule has 0 atom stereocenters. The fourth-order valence-corrected chi connectivity index (χ4v) is 2.99. The minimum Gasteiger partial charge on any atom is -0.478 e. The topological polar surface area (TPSA) is 85.3 Å². The lowest BCUT2D eigenvalue weighted by Crippen LogP contribution is -2.24. The number of carboxylic acid groups (broad SMARTS) is 1. The molecule has 0 radical (unpaired) electrons. The van der Waals surface area contributed by atoms with E-state index in [0.717, 1.165) is 25.0 Å². The number of hydrogen-bond donors (Lipinski definition) is 2. The van der Waals surface area contributed by atoms with Crippen LogP contribution in [0.1, 0.15) is 33.6 Å². The fourth-order valence-electron chi connectivity index (χ4n) is 2.99. The van der Waals surface area contributed by atoms with E-state index in [0.29, 0.717) is 5.56 Å². The molecule has 0 bridgehead atoms. The van der Waals surface area contributed by atoms with Crippen LogP contribution in [0.2, 0.25) is 0 Å². The first-order chi connectivity index (χ1) is 10.1. The number of nitrogens with zero attached hydrogens (tertiary/aromatic N) is 1. The highest BCUT2D eigenvalue weighted by Crippen LogP contribution is 2.23. The first-order valence-corrected chi connectivity index (χ1v) is 6.90. The summed E-state index contributed by atoms with van der Waals surface area (Å²) in [4.78, 5) is 23.5. The Balaban J connectivity index is 2.11. The predicted octanol–water partition coefficient (Wildman–Crippen LogP) is 1.67. The SMILES string of the molecule is Nc1cccc(Cn2c3c(ccc2=O)CCC3)c1C(=O)O.